The van der Waals surface area contributed by atoms with Gasteiger partial charge in [0.05, 0.1) is 0 Å². The van der Waals surface area contributed by atoms with Crippen LogP contribution in [-0.4, -0.2) is 13.2 Å². The summed E-state index contributed by atoms with van der Waals surface area (Å²) in [6.45, 7) is 5.86. The molecule has 0 amide bonds. The Morgan fingerprint density at radius 1 is 1.27 bits per heavy atom. The summed E-state index contributed by atoms with van der Waals surface area (Å²) in [6.07, 6.45) is 2.35. The molecule has 1 atom stereocenters. The van der Waals surface area contributed by atoms with E-state index in [9.17, 15) is 0 Å². The SMILES string of the molecule is CC.c1ccc2c(c1)NCC21CCCO1. The zero-order valence-electron chi connectivity index (χ0n) is 9.55. The molecule has 1 unspecified atom stereocenters. The van der Waals surface area contributed by atoms with E-state index in [-0.39, 0.29) is 5.60 Å². The van der Waals surface area contributed by atoms with Crippen molar-refractivity contribution in [2.24, 2.45) is 0 Å². The fourth-order valence-electron chi connectivity index (χ4n) is 2.42. The first kappa shape index (κ1) is 10.5. The summed E-state index contributed by atoms with van der Waals surface area (Å²) in [4.78, 5) is 0. The monoisotopic (exact) mass is 205 g/mol. The van der Waals surface area contributed by atoms with Crippen molar-refractivity contribution >= 4 is 5.69 Å². The molecule has 82 valence electrons. The molecule has 2 heterocycles. The van der Waals surface area contributed by atoms with Crippen molar-refractivity contribution in [3.8, 4) is 0 Å². The zero-order chi connectivity index (χ0) is 10.7. The van der Waals surface area contributed by atoms with Crippen LogP contribution in [0.25, 0.3) is 0 Å². The van der Waals surface area contributed by atoms with Gasteiger partial charge in [-0.15, -0.1) is 0 Å². The van der Waals surface area contributed by atoms with Crippen LogP contribution in [0.3, 0.4) is 0 Å². The standard InChI is InChI=1S/C11H13NO.C2H6/c1-2-5-10-9(4-1)11(8-12-10)6-3-7-13-11;1-2/h1-2,4-5,12H,3,6-8H2;1-2H3. The molecule has 15 heavy (non-hydrogen) atoms. The third-order valence-corrected chi connectivity index (χ3v) is 3.09. The summed E-state index contributed by atoms with van der Waals surface area (Å²) in [7, 11) is 0. The Hall–Kier alpha value is -1.02. The van der Waals surface area contributed by atoms with Crippen molar-refractivity contribution in [1.29, 1.82) is 0 Å². The molecular formula is C13H19NO. The fraction of sp³-hybridized carbons (Fsp3) is 0.538. The molecule has 2 heteroatoms. The third kappa shape index (κ3) is 1.63. The molecule has 1 saturated heterocycles. The molecule has 0 aliphatic carbocycles. The summed E-state index contributed by atoms with van der Waals surface area (Å²) in [5, 5.41) is 3.41. The lowest BCUT2D eigenvalue weighted by atomic mass is 9.93. The maximum Gasteiger partial charge on any atom is 0.112 e. The molecule has 3 rings (SSSR count). The first-order chi connectivity index (χ1) is 7.41. The second-order valence-corrected chi connectivity index (χ2v) is 3.85. The average Bonchev–Trinajstić information content (AvgIpc) is 2.92. The van der Waals surface area contributed by atoms with Gasteiger partial charge in [0.1, 0.15) is 5.60 Å². The van der Waals surface area contributed by atoms with Gasteiger partial charge in [0, 0.05) is 24.4 Å². The smallest absolute Gasteiger partial charge is 0.112 e. The summed E-state index contributed by atoms with van der Waals surface area (Å²) in [5.41, 5.74) is 2.62. The van der Waals surface area contributed by atoms with E-state index < -0.39 is 0 Å². The molecule has 0 aromatic heterocycles. The van der Waals surface area contributed by atoms with Crippen LogP contribution in [0.2, 0.25) is 0 Å². The number of hydrogen-bond acceptors (Lipinski definition) is 2. The molecule has 1 spiro atoms. The van der Waals surface area contributed by atoms with Gasteiger partial charge >= 0.3 is 0 Å². The Labute approximate surface area is 91.6 Å². The fourth-order valence-corrected chi connectivity index (χ4v) is 2.42. The van der Waals surface area contributed by atoms with Gasteiger partial charge < -0.3 is 10.1 Å². The summed E-state index contributed by atoms with van der Waals surface area (Å²) < 4.78 is 5.87. The number of benzene rings is 1. The van der Waals surface area contributed by atoms with Crippen molar-refractivity contribution in [3.05, 3.63) is 29.8 Å². The average molecular weight is 205 g/mol. The first-order valence-electron chi connectivity index (χ1n) is 5.88. The molecule has 1 aromatic carbocycles. The molecular weight excluding hydrogens is 186 g/mol. The van der Waals surface area contributed by atoms with Crippen LogP contribution in [0.1, 0.15) is 32.3 Å². The van der Waals surface area contributed by atoms with E-state index in [1.54, 1.807) is 0 Å². The van der Waals surface area contributed by atoms with E-state index >= 15 is 0 Å². The highest BCUT2D eigenvalue weighted by Crippen LogP contribution is 2.43. The number of nitrogens with one attached hydrogen (secondary N) is 1. The molecule has 1 fully saturated rings. The molecule has 2 nitrogen and oxygen atoms in total. The van der Waals surface area contributed by atoms with Crippen molar-refractivity contribution in [2.45, 2.75) is 32.3 Å². The van der Waals surface area contributed by atoms with Crippen LogP contribution in [0.15, 0.2) is 24.3 Å². The van der Waals surface area contributed by atoms with E-state index in [0.29, 0.717) is 0 Å². The lowest BCUT2D eigenvalue weighted by Gasteiger charge is -2.21. The van der Waals surface area contributed by atoms with Gasteiger partial charge in [-0.05, 0) is 18.9 Å². The van der Waals surface area contributed by atoms with Crippen LogP contribution >= 0.6 is 0 Å². The van der Waals surface area contributed by atoms with Crippen molar-refractivity contribution < 1.29 is 4.74 Å². The number of anilines is 1. The topological polar surface area (TPSA) is 21.3 Å². The van der Waals surface area contributed by atoms with Crippen LogP contribution in [0.5, 0.6) is 0 Å². The third-order valence-electron chi connectivity index (χ3n) is 3.09. The Balaban J connectivity index is 0.000000404. The van der Waals surface area contributed by atoms with Gasteiger partial charge in [-0.1, -0.05) is 32.0 Å². The minimum atomic E-state index is 0.0105. The zero-order valence-corrected chi connectivity index (χ0v) is 9.55. The second-order valence-electron chi connectivity index (χ2n) is 3.85. The van der Waals surface area contributed by atoms with Crippen LogP contribution in [0.4, 0.5) is 5.69 Å². The van der Waals surface area contributed by atoms with Crippen LogP contribution < -0.4 is 5.32 Å². The minimum Gasteiger partial charge on any atom is -0.381 e. The van der Waals surface area contributed by atoms with E-state index in [1.165, 1.54) is 17.7 Å². The van der Waals surface area contributed by atoms with E-state index in [4.69, 9.17) is 4.74 Å². The van der Waals surface area contributed by atoms with Crippen LogP contribution in [0, 0.1) is 0 Å². The molecule has 2 aliphatic rings. The van der Waals surface area contributed by atoms with Crippen molar-refractivity contribution in [3.63, 3.8) is 0 Å². The number of para-hydroxylation sites is 1. The van der Waals surface area contributed by atoms with Gasteiger partial charge in [0.25, 0.3) is 0 Å². The normalized spacial score (nSPS) is 26.8. The summed E-state index contributed by atoms with van der Waals surface area (Å²) >= 11 is 0. The largest absolute Gasteiger partial charge is 0.381 e. The van der Waals surface area contributed by atoms with Crippen molar-refractivity contribution in [1.82, 2.24) is 0 Å². The molecule has 2 aliphatic heterocycles. The number of fused-ring (bicyclic) bond motifs is 2. The van der Waals surface area contributed by atoms with E-state index in [1.807, 2.05) is 13.8 Å². The van der Waals surface area contributed by atoms with Crippen LogP contribution in [-0.2, 0) is 10.3 Å². The first-order valence-corrected chi connectivity index (χ1v) is 5.88. The minimum absolute atomic E-state index is 0.0105. The Kier molecular flexibility index (Phi) is 2.96. The summed E-state index contributed by atoms with van der Waals surface area (Å²) in [5.74, 6) is 0. The maximum absolute atomic E-state index is 5.87. The second kappa shape index (κ2) is 4.23. The predicted molar refractivity (Wildman–Crippen MR) is 63.1 cm³/mol. The number of hydrogen-bond donors (Lipinski definition) is 1. The van der Waals surface area contributed by atoms with Gasteiger partial charge in [-0.2, -0.15) is 0 Å². The Bertz CT molecular complexity index is 329. The number of ether oxygens (including phenoxy) is 1. The highest BCUT2D eigenvalue weighted by atomic mass is 16.5. The number of rotatable bonds is 0. The maximum atomic E-state index is 5.87. The van der Waals surface area contributed by atoms with Gasteiger partial charge in [-0.25, -0.2) is 0 Å². The quantitative estimate of drug-likeness (QED) is 0.702. The van der Waals surface area contributed by atoms with Gasteiger partial charge in [-0.3, -0.25) is 0 Å². The Morgan fingerprint density at radius 2 is 2.07 bits per heavy atom. The van der Waals surface area contributed by atoms with Crippen molar-refractivity contribution in [2.75, 3.05) is 18.5 Å². The summed E-state index contributed by atoms with van der Waals surface area (Å²) in [6, 6.07) is 8.47. The van der Waals surface area contributed by atoms with Gasteiger partial charge in [0.15, 0.2) is 0 Å². The predicted octanol–water partition coefficient (Wildman–Crippen LogP) is 3.14. The molecule has 0 radical (unpaired) electrons. The molecule has 1 N–H and O–H groups in total. The van der Waals surface area contributed by atoms with E-state index in [0.717, 1.165) is 19.6 Å². The molecule has 1 aromatic rings. The van der Waals surface area contributed by atoms with E-state index in [2.05, 4.69) is 29.6 Å². The lowest BCUT2D eigenvalue weighted by molar-refractivity contribution is 0.0177. The van der Waals surface area contributed by atoms with Gasteiger partial charge in [0.2, 0.25) is 0 Å². The Morgan fingerprint density at radius 3 is 2.80 bits per heavy atom. The lowest BCUT2D eigenvalue weighted by Crippen LogP contribution is -2.26. The highest BCUT2D eigenvalue weighted by molar-refractivity contribution is 5.59. The highest BCUT2D eigenvalue weighted by Gasteiger charge is 2.42. The molecule has 0 bridgehead atoms. The molecule has 0 saturated carbocycles.